The van der Waals surface area contributed by atoms with E-state index in [0.717, 1.165) is 5.25 Å². The van der Waals surface area contributed by atoms with Crippen LogP contribution in [0, 0.1) is 0 Å². The molecule has 0 aromatic carbocycles. The van der Waals surface area contributed by atoms with Crippen LogP contribution >= 0.6 is 11.8 Å². The average molecular weight is 222 g/mol. The Kier molecular flexibility index (Phi) is 3.65. The van der Waals surface area contributed by atoms with Gasteiger partial charge in [0.15, 0.2) is 0 Å². The van der Waals surface area contributed by atoms with E-state index in [1.165, 1.54) is 17.7 Å². The van der Waals surface area contributed by atoms with E-state index in [-0.39, 0.29) is 0 Å². The van der Waals surface area contributed by atoms with Crippen molar-refractivity contribution >= 4 is 11.8 Å². The van der Waals surface area contributed by atoms with E-state index in [9.17, 15) is 0 Å². The zero-order valence-electron chi connectivity index (χ0n) is 9.31. The largest absolute Gasteiger partial charge is 0.307 e. The van der Waals surface area contributed by atoms with E-state index in [1.54, 1.807) is 0 Å². The Bertz CT molecular complexity index is 302. The van der Waals surface area contributed by atoms with Crippen LogP contribution in [0.3, 0.4) is 0 Å². The molecule has 0 saturated carbocycles. The molecule has 2 nitrogen and oxygen atoms in total. The summed E-state index contributed by atoms with van der Waals surface area (Å²) >= 11 is 2.07. The molecule has 0 spiro atoms. The Balaban J connectivity index is 1.90. The summed E-state index contributed by atoms with van der Waals surface area (Å²) in [5.74, 6) is 1.25. The molecule has 1 aromatic rings. The van der Waals surface area contributed by atoms with Gasteiger partial charge < -0.3 is 5.32 Å². The second kappa shape index (κ2) is 4.99. The fourth-order valence-electron chi connectivity index (χ4n) is 2.04. The minimum Gasteiger partial charge on any atom is -0.307 e. The molecule has 1 fully saturated rings. The van der Waals surface area contributed by atoms with Gasteiger partial charge in [-0.3, -0.25) is 4.98 Å². The number of nitrogens with one attached hydrogen (secondary N) is 1. The van der Waals surface area contributed by atoms with Crippen LogP contribution in [0.25, 0.3) is 0 Å². The third kappa shape index (κ3) is 2.95. The van der Waals surface area contributed by atoms with Crippen molar-refractivity contribution in [1.82, 2.24) is 10.3 Å². The first-order chi connectivity index (χ1) is 7.25. The molecule has 1 N–H and O–H groups in total. The second-order valence-electron chi connectivity index (χ2n) is 4.25. The van der Waals surface area contributed by atoms with E-state index >= 15 is 0 Å². The fourth-order valence-corrected chi connectivity index (χ4v) is 3.20. The SMILES string of the molecule is CC1CC(NC(C)c2ccncc2)CS1. The van der Waals surface area contributed by atoms with Crippen LogP contribution < -0.4 is 5.32 Å². The van der Waals surface area contributed by atoms with Crippen molar-refractivity contribution in [3.8, 4) is 0 Å². The summed E-state index contributed by atoms with van der Waals surface area (Å²) in [5.41, 5.74) is 1.33. The number of hydrogen-bond acceptors (Lipinski definition) is 3. The molecule has 1 aliphatic heterocycles. The summed E-state index contributed by atoms with van der Waals surface area (Å²) in [6.45, 7) is 4.53. The molecule has 82 valence electrons. The van der Waals surface area contributed by atoms with Gasteiger partial charge in [-0.05, 0) is 31.0 Å². The lowest BCUT2D eigenvalue weighted by atomic mass is 10.1. The van der Waals surface area contributed by atoms with Gasteiger partial charge in [0.1, 0.15) is 0 Å². The highest BCUT2D eigenvalue weighted by Gasteiger charge is 2.23. The predicted octanol–water partition coefficient (Wildman–Crippen LogP) is 2.63. The van der Waals surface area contributed by atoms with Crippen LogP contribution in [-0.4, -0.2) is 22.0 Å². The lowest BCUT2D eigenvalue weighted by molar-refractivity contribution is 0.474. The van der Waals surface area contributed by atoms with E-state index in [4.69, 9.17) is 0 Å². The van der Waals surface area contributed by atoms with E-state index in [0.29, 0.717) is 12.1 Å². The van der Waals surface area contributed by atoms with Crippen LogP contribution in [0.4, 0.5) is 0 Å². The summed E-state index contributed by atoms with van der Waals surface area (Å²) < 4.78 is 0. The molecule has 15 heavy (non-hydrogen) atoms. The van der Waals surface area contributed by atoms with Gasteiger partial charge in [-0.2, -0.15) is 11.8 Å². The van der Waals surface area contributed by atoms with Crippen molar-refractivity contribution in [3.63, 3.8) is 0 Å². The van der Waals surface area contributed by atoms with Gasteiger partial charge in [-0.25, -0.2) is 0 Å². The van der Waals surface area contributed by atoms with Crippen LogP contribution in [-0.2, 0) is 0 Å². The number of pyridine rings is 1. The molecule has 0 radical (unpaired) electrons. The highest BCUT2D eigenvalue weighted by molar-refractivity contribution is 8.00. The zero-order chi connectivity index (χ0) is 10.7. The lowest BCUT2D eigenvalue weighted by Gasteiger charge is -2.19. The molecule has 0 amide bonds. The normalized spacial score (nSPS) is 27.9. The van der Waals surface area contributed by atoms with Crippen LogP contribution in [0.1, 0.15) is 31.9 Å². The van der Waals surface area contributed by atoms with Gasteiger partial charge in [0, 0.05) is 35.5 Å². The monoisotopic (exact) mass is 222 g/mol. The van der Waals surface area contributed by atoms with E-state index in [2.05, 4.69) is 48.0 Å². The number of aromatic nitrogens is 1. The molecule has 1 saturated heterocycles. The Morgan fingerprint density at radius 2 is 2.20 bits per heavy atom. The third-order valence-corrected chi connectivity index (χ3v) is 4.25. The molecule has 1 aromatic heterocycles. The summed E-state index contributed by atoms with van der Waals surface area (Å²) in [5, 5.41) is 4.49. The van der Waals surface area contributed by atoms with Crippen molar-refractivity contribution in [2.75, 3.05) is 5.75 Å². The van der Waals surface area contributed by atoms with E-state index < -0.39 is 0 Å². The predicted molar refractivity (Wildman–Crippen MR) is 66.1 cm³/mol. The number of nitrogens with zero attached hydrogens (tertiary/aromatic N) is 1. The van der Waals surface area contributed by atoms with Gasteiger partial charge >= 0.3 is 0 Å². The highest BCUT2D eigenvalue weighted by atomic mass is 32.2. The second-order valence-corrected chi connectivity index (χ2v) is 5.72. The van der Waals surface area contributed by atoms with Gasteiger partial charge in [-0.15, -0.1) is 0 Å². The van der Waals surface area contributed by atoms with Crippen molar-refractivity contribution in [2.24, 2.45) is 0 Å². The summed E-state index contributed by atoms with van der Waals surface area (Å²) in [6, 6.07) is 5.28. The first-order valence-corrected chi connectivity index (χ1v) is 6.58. The van der Waals surface area contributed by atoms with Crippen molar-refractivity contribution in [1.29, 1.82) is 0 Å². The van der Waals surface area contributed by atoms with Crippen LogP contribution in [0.2, 0.25) is 0 Å². The molecule has 0 aliphatic carbocycles. The lowest BCUT2D eigenvalue weighted by Crippen LogP contribution is -2.31. The summed E-state index contributed by atoms with van der Waals surface area (Å²) in [7, 11) is 0. The minimum atomic E-state index is 0.434. The molecule has 2 rings (SSSR count). The first kappa shape index (κ1) is 11.0. The Morgan fingerprint density at radius 3 is 2.80 bits per heavy atom. The van der Waals surface area contributed by atoms with Crippen molar-refractivity contribution in [2.45, 2.75) is 37.6 Å². The number of hydrogen-bond donors (Lipinski definition) is 1. The zero-order valence-corrected chi connectivity index (χ0v) is 10.1. The molecular weight excluding hydrogens is 204 g/mol. The maximum atomic E-state index is 4.04. The topological polar surface area (TPSA) is 24.9 Å². The summed E-state index contributed by atoms with van der Waals surface area (Å²) in [4.78, 5) is 4.04. The standard InChI is InChI=1S/C12H18N2S/c1-9-7-12(8-15-9)14-10(2)11-3-5-13-6-4-11/h3-6,9-10,12,14H,7-8H2,1-2H3. The van der Waals surface area contributed by atoms with Gasteiger partial charge in [0.05, 0.1) is 0 Å². The molecule has 0 bridgehead atoms. The average Bonchev–Trinajstić information content (AvgIpc) is 2.65. The van der Waals surface area contributed by atoms with Gasteiger partial charge in [-0.1, -0.05) is 6.92 Å². The van der Waals surface area contributed by atoms with E-state index in [1.807, 2.05) is 12.4 Å². The quantitative estimate of drug-likeness (QED) is 0.851. The van der Waals surface area contributed by atoms with Gasteiger partial charge in [0.25, 0.3) is 0 Å². The summed E-state index contributed by atoms with van der Waals surface area (Å²) in [6.07, 6.45) is 5.01. The third-order valence-electron chi connectivity index (χ3n) is 2.89. The minimum absolute atomic E-state index is 0.434. The maximum absolute atomic E-state index is 4.04. The number of thioether (sulfide) groups is 1. The molecule has 2 heterocycles. The van der Waals surface area contributed by atoms with Crippen molar-refractivity contribution in [3.05, 3.63) is 30.1 Å². The molecular formula is C12H18N2S. The maximum Gasteiger partial charge on any atom is 0.0295 e. The Labute approximate surface area is 95.9 Å². The molecule has 3 heteroatoms. The molecule has 1 aliphatic rings. The Morgan fingerprint density at radius 1 is 1.47 bits per heavy atom. The van der Waals surface area contributed by atoms with Crippen molar-refractivity contribution < 1.29 is 0 Å². The molecule has 3 unspecified atom stereocenters. The van der Waals surface area contributed by atoms with Crippen LogP contribution in [0.15, 0.2) is 24.5 Å². The number of rotatable bonds is 3. The first-order valence-electron chi connectivity index (χ1n) is 5.53. The smallest absolute Gasteiger partial charge is 0.0295 e. The molecule has 3 atom stereocenters. The van der Waals surface area contributed by atoms with Crippen LogP contribution in [0.5, 0.6) is 0 Å². The van der Waals surface area contributed by atoms with Gasteiger partial charge in [0.2, 0.25) is 0 Å². The fraction of sp³-hybridized carbons (Fsp3) is 0.583. The Hall–Kier alpha value is -0.540. The highest BCUT2D eigenvalue weighted by Crippen LogP contribution is 2.27.